The van der Waals surface area contributed by atoms with Crippen molar-refractivity contribution in [2.75, 3.05) is 0 Å². The van der Waals surface area contributed by atoms with Crippen LogP contribution in [0.1, 0.15) is 19.9 Å². The second-order valence-corrected chi connectivity index (χ2v) is 9.72. The molecule has 4 aromatic heterocycles. The van der Waals surface area contributed by atoms with Gasteiger partial charge in [0.1, 0.15) is 40.7 Å². The van der Waals surface area contributed by atoms with Gasteiger partial charge in [-0.1, -0.05) is 28.6 Å². The molecule has 2 fully saturated rings. The van der Waals surface area contributed by atoms with Gasteiger partial charge in [-0.05, 0) is 32.0 Å². The van der Waals surface area contributed by atoms with Crippen molar-refractivity contribution in [2.24, 2.45) is 0 Å². The SMILES string of the molecule is CC1(C)O[C@H]2O[C@H](Cn3cc(-c4cccc5nsnc45)nn3)[C@H](n3cc(-c4ccccn4)nn3)[C@H]2O1. The third kappa shape index (κ3) is 3.67. The van der Waals surface area contributed by atoms with Gasteiger partial charge in [0.05, 0.1) is 36.4 Å². The molecule has 0 aliphatic carbocycles. The molecule has 2 aliphatic heterocycles. The summed E-state index contributed by atoms with van der Waals surface area (Å²) in [5.41, 5.74) is 4.67. The molecule has 0 radical (unpaired) electrons. The number of nitrogens with zero attached hydrogens (tertiary/aromatic N) is 9. The van der Waals surface area contributed by atoms with Gasteiger partial charge >= 0.3 is 0 Å². The number of ether oxygens (including phenoxy) is 3. The number of hydrogen-bond acceptors (Lipinski definition) is 11. The van der Waals surface area contributed by atoms with E-state index < -0.39 is 12.1 Å². The fourth-order valence-corrected chi connectivity index (χ4v) is 5.34. The van der Waals surface area contributed by atoms with Crippen LogP contribution in [0.2, 0.25) is 0 Å². The number of fused-ring (bicyclic) bond motifs is 2. The first-order chi connectivity index (χ1) is 17.5. The van der Waals surface area contributed by atoms with E-state index in [1.165, 1.54) is 11.7 Å². The topological polar surface area (TPSA) is 128 Å². The van der Waals surface area contributed by atoms with E-state index in [0.29, 0.717) is 12.2 Å². The van der Waals surface area contributed by atoms with Crippen LogP contribution in [0.25, 0.3) is 33.7 Å². The lowest BCUT2D eigenvalue weighted by atomic mass is 10.1. The molecule has 0 amide bonds. The predicted octanol–water partition coefficient (Wildman–Crippen LogP) is 2.72. The molecule has 7 rings (SSSR count). The monoisotopic (exact) mass is 503 g/mol. The standard InChI is InChI=1S/C23H21N9O3S/c1-23(2)34-21-20(32-11-17(26-30-32)14-7-3-4-9-24-14)18(33-22(21)35-23)12-31-10-16(25-29-31)13-6-5-8-15-19(13)28-36-27-15/h3-11,18,20-22H,12H2,1-2H3/t18-,20+,21-,22-/m1/s1. The van der Waals surface area contributed by atoms with Crippen molar-refractivity contribution < 1.29 is 14.2 Å². The van der Waals surface area contributed by atoms with Crippen LogP contribution in [0.5, 0.6) is 0 Å². The maximum Gasteiger partial charge on any atom is 0.189 e. The van der Waals surface area contributed by atoms with E-state index in [-0.39, 0.29) is 18.2 Å². The van der Waals surface area contributed by atoms with Gasteiger partial charge in [0.2, 0.25) is 0 Å². The summed E-state index contributed by atoms with van der Waals surface area (Å²) in [6.07, 6.45) is 4.24. The normalized spacial score (nSPS) is 24.9. The van der Waals surface area contributed by atoms with E-state index in [4.69, 9.17) is 14.2 Å². The van der Waals surface area contributed by atoms with Gasteiger partial charge in [-0.3, -0.25) is 4.98 Å². The highest BCUT2D eigenvalue weighted by Gasteiger charge is 2.56. The predicted molar refractivity (Wildman–Crippen MR) is 127 cm³/mol. The van der Waals surface area contributed by atoms with Crippen LogP contribution >= 0.6 is 11.7 Å². The highest BCUT2D eigenvalue weighted by Crippen LogP contribution is 2.43. The van der Waals surface area contributed by atoms with Gasteiger partial charge in [0.15, 0.2) is 12.1 Å². The summed E-state index contributed by atoms with van der Waals surface area (Å²) in [5, 5.41) is 17.5. The van der Waals surface area contributed by atoms with E-state index in [1.807, 2.05) is 62.6 Å². The Labute approximate surface area is 209 Å². The van der Waals surface area contributed by atoms with Crippen LogP contribution in [0.4, 0.5) is 0 Å². The number of rotatable bonds is 5. The first kappa shape index (κ1) is 21.6. The lowest BCUT2D eigenvalue weighted by molar-refractivity contribution is -0.210. The molecule has 36 heavy (non-hydrogen) atoms. The first-order valence-electron chi connectivity index (χ1n) is 11.5. The van der Waals surface area contributed by atoms with Crippen LogP contribution in [-0.2, 0) is 20.8 Å². The fraction of sp³-hybridized carbons (Fsp3) is 0.348. The average Bonchev–Trinajstić information content (AvgIpc) is 3.68. The molecule has 2 saturated heterocycles. The van der Waals surface area contributed by atoms with E-state index in [1.54, 1.807) is 15.6 Å². The van der Waals surface area contributed by atoms with Gasteiger partial charge in [-0.25, -0.2) is 9.36 Å². The Morgan fingerprint density at radius 1 is 0.944 bits per heavy atom. The third-order valence-corrected chi connectivity index (χ3v) is 6.87. The minimum absolute atomic E-state index is 0.291. The summed E-state index contributed by atoms with van der Waals surface area (Å²) >= 11 is 1.18. The average molecular weight is 504 g/mol. The Hall–Kier alpha value is -3.65. The second-order valence-electron chi connectivity index (χ2n) is 9.20. The van der Waals surface area contributed by atoms with Crippen molar-refractivity contribution in [1.29, 1.82) is 0 Å². The first-order valence-corrected chi connectivity index (χ1v) is 12.2. The van der Waals surface area contributed by atoms with Gasteiger partial charge in [0, 0.05) is 11.8 Å². The van der Waals surface area contributed by atoms with Crippen LogP contribution in [-0.4, -0.2) is 68.0 Å². The summed E-state index contributed by atoms with van der Waals surface area (Å²) in [7, 11) is 0. The molecule has 1 aromatic carbocycles. The largest absolute Gasteiger partial charge is 0.342 e. The Morgan fingerprint density at radius 2 is 1.86 bits per heavy atom. The Bertz CT molecular complexity index is 1530. The summed E-state index contributed by atoms with van der Waals surface area (Å²) in [5.74, 6) is -0.760. The van der Waals surface area contributed by atoms with Crippen molar-refractivity contribution in [1.82, 2.24) is 43.7 Å². The number of pyridine rings is 1. The summed E-state index contributed by atoms with van der Waals surface area (Å²) < 4.78 is 30.8. The van der Waals surface area contributed by atoms with Gasteiger partial charge in [0.25, 0.3) is 0 Å². The molecule has 6 heterocycles. The summed E-state index contributed by atoms with van der Waals surface area (Å²) in [4.78, 5) is 4.38. The van der Waals surface area contributed by atoms with Crippen LogP contribution < -0.4 is 0 Å². The highest BCUT2D eigenvalue weighted by atomic mass is 32.1. The maximum absolute atomic E-state index is 6.32. The van der Waals surface area contributed by atoms with Crippen molar-refractivity contribution >= 4 is 22.8 Å². The molecule has 2 aliphatic rings. The number of benzene rings is 1. The van der Waals surface area contributed by atoms with E-state index in [2.05, 4.69) is 34.4 Å². The van der Waals surface area contributed by atoms with E-state index >= 15 is 0 Å². The molecule has 182 valence electrons. The molecular weight excluding hydrogens is 482 g/mol. The quantitative estimate of drug-likeness (QED) is 0.353. The van der Waals surface area contributed by atoms with Crippen molar-refractivity contribution in [2.45, 2.75) is 50.7 Å². The molecular formula is C23H21N9O3S. The van der Waals surface area contributed by atoms with E-state index in [0.717, 1.165) is 28.0 Å². The van der Waals surface area contributed by atoms with Crippen LogP contribution in [0.3, 0.4) is 0 Å². The van der Waals surface area contributed by atoms with Crippen molar-refractivity contribution in [3.8, 4) is 22.6 Å². The number of hydrogen-bond donors (Lipinski definition) is 0. The molecule has 4 atom stereocenters. The van der Waals surface area contributed by atoms with Gasteiger partial charge in [-0.2, -0.15) is 8.75 Å². The maximum atomic E-state index is 6.32. The summed E-state index contributed by atoms with van der Waals surface area (Å²) in [6, 6.07) is 11.2. The highest BCUT2D eigenvalue weighted by molar-refractivity contribution is 7.00. The van der Waals surface area contributed by atoms with Crippen molar-refractivity contribution in [3.63, 3.8) is 0 Å². The smallest absolute Gasteiger partial charge is 0.189 e. The van der Waals surface area contributed by atoms with Crippen molar-refractivity contribution in [3.05, 3.63) is 55.0 Å². The molecule has 0 bridgehead atoms. The minimum Gasteiger partial charge on any atom is -0.342 e. The molecule has 12 nitrogen and oxygen atoms in total. The molecule has 0 unspecified atom stereocenters. The minimum atomic E-state index is -0.760. The fourth-order valence-electron chi connectivity index (χ4n) is 4.79. The third-order valence-electron chi connectivity index (χ3n) is 6.33. The zero-order chi connectivity index (χ0) is 24.3. The lowest BCUT2D eigenvalue weighted by Crippen LogP contribution is -2.34. The second kappa shape index (κ2) is 8.20. The van der Waals surface area contributed by atoms with E-state index in [9.17, 15) is 0 Å². The molecule has 0 spiro atoms. The van der Waals surface area contributed by atoms with Crippen LogP contribution in [0, 0.1) is 0 Å². The molecule has 0 saturated carbocycles. The number of aromatic nitrogens is 9. The molecule has 0 N–H and O–H groups in total. The zero-order valence-corrected chi connectivity index (χ0v) is 20.2. The van der Waals surface area contributed by atoms with Crippen LogP contribution in [0.15, 0.2) is 55.0 Å². The lowest BCUT2D eigenvalue weighted by Gasteiger charge is -2.25. The molecule has 13 heteroatoms. The van der Waals surface area contributed by atoms with Gasteiger partial charge in [-0.15, -0.1) is 10.2 Å². The summed E-state index contributed by atoms with van der Waals surface area (Å²) in [6.45, 7) is 4.17. The Morgan fingerprint density at radius 3 is 2.75 bits per heavy atom. The molecule has 5 aromatic rings. The van der Waals surface area contributed by atoms with Gasteiger partial charge < -0.3 is 14.2 Å². The Balaban J connectivity index is 1.19. The Kier molecular flexibility index (Phi) is 4.92. The zero-order valence-electron chi connectivity index (χ0n) is 19.4.